The predicted molar refractivity (Wildman–Crippen MR) is 394 cm³/mol. The highest BCUT2D eigenvalue weighted by atomic mass is 16.6. The second kappa shape index (κ2) is 79.1. The molecule has 0 spiro atoms. The Bertz CT molecular complexity index is 1650. The fourth-order valence-corrected chi connectivity index (χ4v) is 11.8. The molecule has 516 valence electrons. The van der Waals surface area contributed by atoms with E-state index in [0.717, 1.165) is 89.9 Å². The molecule has 0 aliphatic carbocycles. The summed E-state index contributed by atoms with van der Waals surface area (Å²) in [6, 6.07) is 0. The Hall–Kier alpha value is -3.18. The average molecular weight is 1240 g/mol. The van der Waals surface area contributed by atoms with Crippen LogP contribution in [-0.2, 0) is 19.1 Å². The molecule has 89 heavy (non-hydrogen) atoms. The zero-order chi connectivity index (χ0) is 64.0. The highest BCUT2D eigenvalue weighted by molar-refractivity contribution is 5.70. The number of esters is 2. The minimum atomic E-state index is -0.780. The zero-order valence-corrected chi connectivity index (χ0v) is 59.4. The van der Waals surface area contributed by atoms with Gasteiger partial charge in [0.1, 0.15) is 6.61 Å². The Labute approximate surface area is 555 Å². The van der Waals surface area contributed by atoms with E-state index >= 15 is 0 Å². The standard InChI is InChI=1S/C84H150O5/c1-3-5-7-9-11-13-15-17-19-21-23-25-27-29-31-33-35-37-39-40-41-42-43-45-46-48-50-52-54-56-58-60-62-64-66-68-70-72-74-76-78-83(86)88-81-82(80-85)89-84(87)79-77-75-73-71-69-67-65-63-61-59-57-55-53-51-49-47-44-38-36-34-32-30-28-26-24-22-20-18-16-14-12-10-8-6-4-2/h6,8,12,14,18,20,24,26,30,32,36,38,47,49,53,55,82,85H,3-5,7,9-11,13,15-17,19,21-23,25,27-29,31,33-35,37,39-46,48,50-52,54,56-81H2,1-2H3/b8-6-,14-12-,20-18-,26-24-,32-30-,38-36-,49-47-,55-53-. The van der Waals surface area contributed by atoms with Crippen molar-refractivity contribution in [3.8, 4) is 0 Å². The largest absolute Gasteiger partial charge is 0.462 e. The molecule has 0 fully saturated rings. The van der Waals surface area contributed by atoms with Crippen LogP contribution < -0.4 is 0 Å². The molecular formula is C84H150O5. The van der Waals surface area contributed by atoms with E-state index in [0.29, 0.717) is 12.8 Å². The van der Waals surface area contributed by atoms with Crippen molar-refractivity contribution in [3.63, 3.8) is 0 Å². The molecule has 1 N–H and O–H groups in total. The predicted octanol–water partition coefficient (Wildman–Crippen LogP) is 27.7. The number of aliphatic hydroxyl groups is 1. The Morgan fingerprint density at radius 1 is 0.270 bits per heavy atom. The Morgan fingerprint density at radius 3 is 0.730 bits per heavy atom. The van der Waals surface area contributed by atoms with E-state index in [1.54, 1.807) is 0 Å². The summed E-state index contributed by atoms with van der Waals surface area (Å²) in [6.07, 6.45) is 113. The number of carbonyl (C=O) groups excluding carboxylic acids is 2. The number of hydrogen-bond donors (Lipinski definition) is 1. The van der Waals surface area contributed by atoms with Crippen LogP contribution in [0, 0.1) is 0 Å². The fourth-order valence-electron chi connectivity index (χ4n) is 11.8. The van der Waals surface area contributed by atoms with Gasteiger partial charge in [0, 0.05) is 12.8 Å². The lowest BCUT2D eigenvalue weighted by molar-refractivity contribution is -0.161. The number of hydrogen-bond acceptors (Lipinski definition) is 5. The molecular weight excluding hydrogens is 1090 g/mol. The molecule has 0 aromatic heterocycles. The second-order valence-electron chi connectivity index (χ2n) is 26.4. The minimum absolute atomic E-state index is 0.0675. The molecule has 5 nitrogen and oxygen atoms in total. The highest BCUT2D eigenvalue weighted by Crippen LogP contribution is 2.19. The molecule has 0 bridgehead atoms. The molecule has 0 aromatic carbocycles. The van der Waals surface area contributed by atoms with Crippen molar-refractivity contribution < 1.29 is 24.2 Å². The summed E-state index contributed by atoms with van der Waals surface area (Å²) in [4.78, 5) is 24.7. The van der Waals surface area contributed by atoms with Gasteiger partial charge in [-0.1, -0.05) is 413 Å². The van der Waals surface area contributed by atoms with Crippen LogP contribution in [0.1, 0.15) is 406 Å². The quantitative estimate of drug-likeness (QED) is 0.0373. The van der Waals surface area contributed by atoms with Gasteiger partial charge in [0.2, 0.25) is 0 Å². The maximum atomic E-state index is 12.4. The van der Waals surface area contributed by atoms with Crippen molar-refractivity contribution in [2.75, 3.05) is 13.2 Å². The maximum Gasteiger partial charge on any atom is 0.306 e. The summed E-state index contributed by atoms with van der Waals surface area (Å²) in [7, 11) is 0. The third kappa shape index (κ3) is 77.2. The van der Waals surface area contributed by atoms with E-state index in [2.05, 4.69) is 111 Å². The van der Waals surface area contributed by atoms with Gasteiger partial charge < -0.3 is 14.6 Å². The molecule has 0 aliphatic rings. The lowest BCUT2D eigenvalue weighted by atomic mass is 10.0. The number of rotatable bonds is 73. The number of ether oxygens (including phenoxy) is 2. The van der Waals surface area contributed by atoms with Crippen molar-refractivity contribution in [2.45, 2.75) is 412 Å². The van der Waals surface area contributed by atoms with Crippen LogP contribution in [0.3, 0.4) is 0 Å². The number of unbranched alkanes of at least 4 members (excludes halogenated alkanes) is 49. The Kier molecular flexibility index (Phi) is 76.2. The lowest BCUT2D eigenvalue weighted by Gasteiger charge is -2.15. The van der Waals surface area contributed by atoms with Gasteiger partial charge >= 0.3 is 11.9 Å². The van der Waals surface area contributed by atoms with Crippen LogP contribution in [-0.4, -0.2) is 36.4 Å². The van der Waals surface area contributed by atoms with E-state index < -0.39 is 6.10 Å². The van der Waals surface area contributed by atoms with Gasteiger partial charge in [-0.2, -0.15) is 0 Å². The molecule has 0 aromatic rings. The van der Waals surface area contributed by atoms with Crippen LogP contribution in [0.2, 0.25) is 0 Å². The molecule has 0 saturated heterocycles. The van der Waals surface area contributed by atoms with Gasteiger partial charge in [-0.3, -0.25) is 9.59 Å². The van der Waals surface area contributed by atoms with Crippen molar-refractivity contribution in [3.05, 3.63) is 97.2 Å². The van der Waals surface area contributed by atoms with Crippen molar-refractivity contribution in [1.29, 1.82) is 0 Å². The molecule has 0 aliphatic heterocycles. The topological polar surface area (TPSA) is 72.8 Å². The van der Waals surface area contributed by atoms with E-state index in [-0.39, 0.29) is 25.2 Å². The first-order chi connectivity index (χ1) is 44.1. The monoisotopic (exact) mass is 1240 g/mol. The third-order valence-corrected chi connectivity index (χ3v) is 17.6. The summed E-state index contributed by atoms with van der Waals surface area (Å²) in [5.41, 5.74) is 0. The lowest BCUT2D eigenvalue weighted by Crippen LogP contribution is -2.28. The smallest absolute Gasteiger partial charge is 0.306 e. The van der Waals surface area contributed by atoms with E-state index in [1.807, 2.05) is 0 Å². The SMILES string of the molecule is CC/C=C\C/C=C\C/C=C\C/C=C\C/C=C\C/C=C\C/C=C\C/C=C\CCCCCCCCCCCCC(=O)OC(CO)COC(=O)CCCCCCCCCCCCCCCCCCCCCCCCCCCCCCCCCCCCCCCCCC. The number of aliphatic hydroxyl groups excluding tert-OH is 1. The fraction of sp³-hybridized carbons (Fsp3) is 0.786. The Morgan fingerprint density at radius 2 is 0.483 bits per heavy atom. The van der Waals surface area contributed by atoms with Crippen LogP contribution in [0.15, 0.2) is 97.2 Å². The minimum Gasteiger partial charge on any atom is -0.462 e. The van der Waals surface area contributed by atoms with Crippen LogP contribution in [0.4, 0.5) is 0 Å². The van der Waals surface area contributed by atoms with Gasteiger partial charge in [-0.05, 0) is 77.0 Å². The van der Waals surface area contributed by atoms with Gasteiger partial charge in [-0.15, -0.1) is 0 Å². The first kappa shape index (κ1) is 85.8. The summed E-state index contributed by atoms with van der Waals surface area (Å²) in [6.45, 7) is 4.07. The summed E-state index contributed by atoms with van der Waals surface area (Å²) in [5, 5.41) is 9.72. The van der Waals surface area contributed by atoms with Gasteiger partial charge in [0.05, 0.1) is 6.61 Å². The summed E-state index contributed by atoms with van der Waals surface area (Å²) < 4.78 is 10.8. The third-order valence-electron chi connectivity index (χ3n) is 17.6. The Balaban J connectivity index is 3.43. The van der Waals surface area contributed by atoms with Crippen molar-refractivity contribution in [1.82, 2.24) is 0 Å². The molecule has 5 heteroatoms. The van der Waals surface area contributed by atoms with E-state index in [4.69, 9.17) is 9.47 Å². The molecule has 0 saturated carbocycles. The van der Waals surface area contributed by atoms with Crippen LogP contribution >= 0.6 is 0 Å². The zero-order valence-electron chi connectivity index (χ0n) is 59.4. The van der Waals surface area contributed by atoms with Gasteiger partial charge in [-0.25, -0.2) is 0 Å². The van der Waals surface area contributed by atoms with Gasteiger partial charge in [0.25, 0.3) is 0 Å². The molecule has 0 rings (SSSR count). The first-order valence-corrected chi connectivity index (χ1v) is 39.3. The first-order valence-electron chi connectivity index (χ1n) is 39.3. The second-order valence-corrected chi connectivity index (χ2v) is 26.4. The van der Waals surface area contributed by atoms with Crippen molar-refractivity contribution >= 4 is 11.9 Å². The van der Waals surface area contributed by atoms with Crippen molar-refractivity contribution in [2.24, 2.45) is 0 Å². The highest BCUT2D eigenvalue weighted by Gasteiger charge is 2.16. The average Bonchev–Trinajstić information content (AvgIpc) is 3.55. The van der Waals surface area contributed by atoms with Crippen LogP contribution in [0.25, 0.3) is 0 Å². The molecule has 1 atom stereocenters. The number of carbonyl (C=O) groups is 2. The molecule has 0 radical (unpaired) electrons. The summed E-state index contributed by atoms with van der Waals surface area (Å²) in [5.74, 6) is -0.582. The number of allylic oxidation sites excluding steroid dienone is 16. The maximum absolute atomic E-state index is 12.4. The molecule has 0 heterocycles. The van der Waals surface area contributed by atoms with E-state index in [9.17, 15) is 14.7 Å². The van der Waals surface area contributed by atoms with Crippen LogP contribution in [0.5, 0.6) is 0 Å². The summed E-state index contributed by atoms with van der Waals surface area (Å²) >= 11 is 0. The normalized spacial score (nSPS) is 12.7. The van der Waals surface area contributed by atoms with E-state index in [1.165, 1.54) is 289 Å². The van der Waals surface area contributed by atoms with Gasteiger partial charge in [0.15, 0.2) is 6.10 Å². The molecule has 1 unspecified atom stereocenters. The molecule has 0 amide bonds.